The molecule has 0 aliphatic rings. The summed E-state index contributed by atoms with van der Waals surface area (Å²) in [5.74, 6) is -2.27. The Morgan fingerprint density at radius 1 is 1.36 bits per heavy atom. The highest BCUT2D eigenvalue weighted by molar-refractivity contribution is 8.19. The van der Waals surface area contributed by atoms with Crippen LogP contribution >= 0.6 is 40.1 Å². The van der Waals surface area contributed by atoms with Gasteiger partial charge in [0.1, 0.15) is 4.99 Å². The smallest absolute Gasteiger partial charge is 0.269 e. The van der Waals surface area contributed by atoms with Gasteiger partial charge in [0, 0.05) is 0 Å². The van der Waals surface area contributed by atoms with E-state index in [9.17, 15) is 4.57 Å². The summed E-state index contributed by atoms with van der Waals surface area (Å²) in [6.45, 7) is 1.99. The fraction of sp³-hybridized carbons (Fsp3) is 0.333. The summed E-state index contributed by atoms with van der Waals surface area (Å²) < 4.78 is 11.6. The predicted octanol–water partition coefficient (Wildman–Crippen LogP) is 5.11. The van der Waals surface area contributed by atoms with Crippen molar-refractivity contribution in [2.75, 3.05) is 5.75 Å². The van der Waals surface area contributed by atoms with Gasteiger partial charge in [-0.15, -0.1) is 11.8 Å². The lowest BCUT2D eigenvalue weighted by Crippen LogP contribution is -1.89. The van der Waals surface area contributed by atoms with E-state index in [-0.39, 0.29) is 4.99 Å². The summed E-state index contributed by atoms with van der Waals surface area (Å²) in [5.41, 5.74) is 0.924. The van der Waals surface area contributed by atoms with Gasteiger partial charge in [-0.2, -0.15) is 0 Å². The number of halogens is 2. The van der Waals surface area contributed by atoms with Crippen molar-refractivity contribution in [1.29, 1.82) is 0 Å². The number of benzene rings is 1. The number of hydrogen-bond acceptors (Lipinski definition) is 2. The summed E-state index contributed by atoms with van der Waals surface area (Å²) in [5, 5.41) is 0. The zero-order chi connectivity index (χ0) is 10.6. The van der Waals surface area contributed by atoms with E-state index in [1.54, 1.807) is 0 Å². The highest BCUT2D eigenvalue weighted by Crippen LogP contribution is 2.71. The second-order valence-corrected chi connectivity index (χ2v) is 9.51. The largest absolute Gasteiger partial charge is 0.288 e. The first-order valence-electron chi connectivity index (χ1n) is 4.21. The van der Waals surface area contributed by atoms with Crippen LogP contribution in [0.25, 0.3) is 0 Å². The van der Waals surface area contributed by atoms with E-state index in [2.05, 4.69) is 0 Å². The van der Waals surface area contributed by atoms with Gasteiger partial charge in [0.15, 0.2) is 0 Å². The maximum absolute atomic E-state index is 11.6. The summed E-state index contributed by atoms with van der Waals surface area (Å²) in [4.78, 5) is -0.308. The topological polar surface area (TPSA) is 17.1 Å². The Morgan fingerprint density at radius 3 is 2.36 bits per heavy atom. The molecule has 1 aromatic rings. The molecule has 0 aromatic heterocycles. The van der Waals surface area contributed by atoms with E-state index in [4.69, 9.17) is 22.5 Å². The Hall–Kier alpha value is 0.380. The molecule has 0 spiro atoms. The number of thioether (sulfide) groups is 1. The third-order valence-electron chi connectivity index (χ3n) is 1.68. The van der Waals surface area contributed by atoms with Crippen molar-refractivity contribution >= 4 is 40.1 Å². The quantitative estimate of drug-likeness (QED) is 0.706. The van der Waals surface area contributed by atoms with E-state index >= 15 is 0 Å². The van der Waals surface area contributed by atoms with Gasteiger partial charge in [-0.1, -0.05) is 37.3 Å². The maximum Gasteiger partial charge on any atom is 0.269 e. The zero-order valence-corrected chi connectivity index (χ0v) is 10.9. The lowest BCUT2D eigenvalue weighted by Gasteiger charge is -2.16. The van der Waals surface area contributed by atoms with Crippen LogP contribution in [0.3, 0.4) is 0 Å². The Kier molecular flexibility index (Phi) is 4.86. The Balaban J connectivity index is 2.95. The lowest BCUT2D eigenvalue weighted by molar-refractivity contribution is 0.591. The van der Waals surface area contributed by atoms with Crippen LogP contribution in [0, 0.1) is 0 Å². The standard InChI is InChI=1S/C9H11Cl2OPS/c1-2-14-9(13(10,11)12)8-6-4-3-5-7-8/h3-7,9H,2H2,1H3. The molecule has 1 atom stereocenters. The van der Waals surface area contributed by atoms with Gasteiger partial charge in [0.2, 0.25) is 0 Å². The first-order valence-corrected chi connectivity index (χ1v) is 8.84. The molecule has 14 heavy (non-hydrogen) atoms. The molecule has 78 valence electrons. The Labute approximate surface area is 98.1 Å². The van der Waals surface area contributed by atoms with Crippen LogP contribution in [-0.2, 0) is 4.57 Å². The van der Waals surface area contributed by atoms with Crippen molar-refractivity contribution in [2.45, 2.75) is 11.9 Å². The number of hydrogen-bond donors (Lipinski definition) is 0. The minimum Gasteiger partial charge on any atom is -0.288 e. The van der Waals surface area contributed by atoms with Crippen molar-refractivity contribution in [1.82, 2.24) is 0 Å². The van der Waals surface area contributed by atoms with Crippen LogP contribution < -0.4 is 0 Å². The summed E-state index contributed by atoms with van der Waals surface area (Å²) in [6.07, 6.45) is 0. The molecule has 1 unspecified atom stereocenters. The number of rotatable bonds is 4. The van der Waals surface area contributed by atoms with E-state index in [0.29, 0.717) is 0 Å². The van der Waals surface area contributed by atoms with E-state index < -0.39 is 5.85 Å². The van der Waals surface area contributed by atoms with Gasteiger partial charge in [0.05, 0.1) is 0 Å². The first kappa shape index (κ1) is 12.4. The van der Waals surface area contributed by atoms with E-state index in [1.165, 1.54) is 11.8 Å². The minimum atomic E-state index is -3.11. The fourth-order valence-corrected chi connectivity index (χ4v) is 5.15. The fourth-order valence-electron chi connectivity index (χ4n) is 1.13. The Bertz CT molecular complexity index is 325. The van der Waals surface area contributed by atoms with Crippen molar-refractivity contribution in [3.05, 3.63) is 35.9 Å². The van der Waals surface area contributed by atoms with Crippen LogP contribution in [0.1, 0.15) is 17.5 Å². The van der Waals surface area contributed by atoms with Crippen LogP contribution in [0.15, 0.2) is 30.3 Å². The average Bonchev–Trinajstić information content (AvgIpc) is 2.14. The molecule has 1 nitrogen and oxygen atoms in total. The van der Waals surface area contributed by atoms with Crippen molar-refractivity contribution in [3.8, 4) is 0 Å². The van der Waals surface area contributed by atoms with Gasteiger partial charge in [-0.25, -0.2) is 0 Å². The minimum absolute atomic E-state index is 0.308. The molecule has 5 heteroatoms. The second-order valence-electron chi connectivity index (χ2n) is 2.72. The normalized spacial score (nSPS) is 13.9. The molecule has 0 heterocycles. The van der Waals surface area contributed by atoms with Gasteiger partial charge in [-0.05, 0) is 33.8 Å². The molecule has 0 aliphatic heterocycles. The molecule has 0 aliphatic carbocycles. The maximum atomic E-state index is 11.6. The molecular weight excluding hydrogens is 258 g/mol. The Morgan fingerprint density at radius 2 is 1.93 bits per heavy atom. The van der Waals surface area contributed by atoms with Crippen molar-refractivity contribution < 1.29 is 4.57 Å². The summed E-state index contributed by atoms with van der Waals surface area (Å²) >= 11 is 12.9. The van der Waals surface area contributed by atoms with Crippen molar-refractivity contribution in [2.24, 2.45) is 0 Å². The van der Waals surface area contributed by atoms with Gasteiger partial charge < -0.3 is 0 Å². The monoisotopic (exact) mass is 268 g/mol. The molecule has 0 bridgehead atoms. The predicted molar refractivity (Wildman–Crippen MR) is 66.6 cm³/mol. The second kappa shape index (κ2) is 5.46. The van der Waals surface area contributed by atoms with Gasteiger partial charge >= 0.3 is 0 Å². The molecule has 0 amide bonds. The van der Waals surface area contributed by atoms with Crippen LogP contribution in [-0.4, -0.2) is 5.75 Å². The van der Waals surface area contributed by atoms with Gasteiger partial charge in [0.25, 0.3) is 5.85 Å². The lowest BCUT2D eigenvalue weighted by atomic mass is 10.2. The molecule has 1 aromatic carbocycles. The average molecular weight is 269 g/mol. The molecule has 1 rings (SSSR count). The van der Waals surface area contributed by atoms with E-state index in [0.717, 1.165) is 11.3 Å². The molecule has 0 radical (unpaired) electrons. The molecule has 0 fully saturated rings. The highest BCUT2D eigenvalue weighted by atomic mass is 35.9. The zero-order valence-electron chi connectivity index (χ0n) is 7.69. The summed E-state index contributed by atoms with van der Waals surface area (Å²) in [6, 6.07) is 9.48. The van der Waals surface area contributed by atoms with Crippen LogP contribution in [0.5, 0.6) is 0 Å². The van der Waals surface area contributed by atoms with Crippen LogP contribution in [0.4, 0.5) is 0 Å². The van der Waals surface area contributed by atoms with Crippen molar-refractivity contribution in [3.63, 3.8) is 0 Å². The highest BCUT2D eigenvalue weighted by Gasteiger charge is 2.29. The summed E-state index contributed by atoms with van der Waals surface area (Å²) in [7, 11) is 0. The molecule has 0 saturated heterocycles. The molecule has 0 N–H and O–H groups in total. The third kappa shape index (κ3) is 3.51. The third-order valence-corrected chi connectivity index (χ3v) is 6.65. The SMILES string of the molecule is CCSC(c1ccccc1)P(=O)(Cl)Cl. The molecular formula is C9H11Cl2OPS. The van der Waals surface area contributed by atoms with Gasteiger partial charge in [-0.3, -0.25) is 4.57 Å². The molecule has 0 saturated carbocycles. The first-order chi connectivity index (χ1) is 6.55. The van der Waals surface area contributed by atoms with E-state index in [1.807, 2.05) is 37.3 Å². The van der Waals surface area contributed by atoms with Crippen LogP contribution in [0.2, 0.25) is 0 Å².